The minimum atomic E-state index is -0.366. The summed E-state index contributed by atoms with van der Waals surface area (Å²) < 4.78 is 11.8. The van der Waals surface area contributed by atoms with Gasteiger partial charge in [-0.25, -0.2) is 0 Å². The Labute approximate surface area is 65.1 Å². The van der Waals surface area contributed by atoms with Crippen molar-refractivity contribution in [1.82, 2.24) is 0 Å². The molecule has 0 aliphatic heterocycles. The lowest BCUT2D eigenvalue weighted by Gasteiger charge is -1.95. The molecule has 0 aromatic heterocycles. The van der Waals surface area contributed by atoms with E-state index in [2.05, 4.69) is 0 Å². The quantitative estimate of drug-likeness (QED) is 0.631. The number of hydrogen-bond donors (Lipinski definition) is 0. The number of nitrogens with zero attached hydrogens (tertiary/aromatic N) is 1. The molecule has 0 atom stereocenters. The molecule has 1 aromatic carbocycles. The lowest BCUT2D eigenvalue weighted by atomic mass is 10.1. The molecule has 0 saturated carbocycles. The summed E-state index contributed by atoms with van der Waals surface area (Å²) in [5.74, 6) is 0. The monoisotopic (exact) mass is 149 g/mol. The van der Waals surface area contributed by atoms with E-state index < -0.39 is 0 Å². The summed E-state index contributed by atoms with van der Waals surface area (Å²) in [5, 5.41) is 8.49. The molecule has 0 heterocycles. The SMILES string of the molecule is N#Cc1cccc(CCF)c1. The number of benzene rings is 1. The van der Waals surface area contributed by atoms with Gasteiger partial charge in [-0.3, -0.25) is 4.39 Å². The summed E-state index contributed by atoms with van der Waals surface area (Å²) in [6.07, 6.45) is 0.398. The van der Waals surface area contributed by atoms with Gasteiger partial charge in [0, 0.05) is 6.42 Å². The Morgan fingerprint density at radius 3 is 2.91 bits per heavy atom. The van der Waals surface area contributed by atoms with Crippen molar-refractivity contribution in [3.8, 4) is 6.07 Å². The van der Waals surface area contributed by atoms with Gasteiger partial charge in [0.15, 0.2) is 0 Å². The fraction of sp³-hybridized carbons (Fsp3) is 0.222. The van der Waals surface area contributed by atoms with Crippen LogP contribution in [0, 0.1) is 11.3 Å². The molecule has 2 heteroatoms. The van der Waals surface area contributed by atoms with E-state index in [1.54, 1.807) is 18.2 Å². The number of nitriles is 1. The van der Waals surface area contributed by atoms with Crippen molar-refractivity contribution in [3.63, 3.8) is 0 Å². The zero-order valence-electron chi connectivity index (χ0n) is 6.05. The van der Waals surface area contributed by atoms with Gasteiger partial charge in [-0.15, -0.1) is 0 Å². The Morgan fingerprint density at radius 2 is 2.27 bits per heavy atom. The Kier molecular flexibility index (Phi) is 2.62. The zero-order chi connectivity index (χ0) is 8.10. The number of hydrogen-bond acceptors (Lipinski definition) is 1. The largest absolute Gasteiger partial charge is 0.251 e. The van der Waals surface area contributed by atoms with Crippen molar-refractivity contribution in [2.24, 2.45) is 0 Å². The van der Waals surface area contributed by atoms with E-state index in [9.17, 15) is 4.39 Å². The standard InChI is InChI=1S/C9H8FN/c10-5-4-8-2-1-3-9(6-8)7-11/h1-3,6H,4-5H2. The van der Waals surface area contributed by atoms with E-state index in [4.69, 9.17) is 5.26 Å². The van der Waals surface area contributed by atoms with E-state index in [1.807, 2.05) is 12.1 Å². The van der Waals surface area contributed by atoms with Crippen LogP contribution in [0.3, 0.4) is 0 Å². The van der Waals surface area contributed by atoms with Crippen molar-refractivity contribution in [2.45, 2.75) is 6.42 Å². The molecule has 1 nitrogen and oxygen atoms in total. The average Bonchev–Trinajstić information content (AvgIpc) is 2.06. The molecule has 0 N–H and O–H groups in total. The Balaban J connectivity index is 2.85. The smallest absolute Gasteiger partial charge is 0.0991 e. The van der Waals surface area contributed by atoms with Gasteiger partial charge < -0.3 is 0 Å². The molecule has 0 saturated heterocycles. The molecule has 0 unspecified atom stereocenters. The number of alkyl halides is 1. The van der Waals surface area contributed by atoms with Gasteiger partial charge in [0.05, 0.1) is 18.3 Å². The molecule has 0 spiro atoms. The summed E-state index contributed by atoms with van der Waals surface area (Å²) >= 11 is 0. The van der Waals surface area contributed by atoms with Gasteiger partial charge in [-0.2, -0.15) is 5.26 Å². The second-order valence-electron chi connectivity index (χ2n) is 2.25. The maximum atomic E-state index is 11.8. The van der Waals surface area contributed by atoms with E-state index in [-0.39, 0.29) is 6.67 Å². The molecule has 0 fully saturated rings. The maximum absolute atomic E-state index is 11.8. The minimum absolute atomic E-state index is 0.366. The third-order valence-electron chi connectivity index (χ3n) is 1.44. The third kappa shape index (κ3) is 2.05. The second-order valence-corrected chi connectivity index (χ2v) is 2.25. The van der Waals surface area contributed by atoms with Gasteiger partial charge >= 0.3 is 0 Å². The summed E-state index contributed by atoms with van der Waals surface area (Å²) in [6.45, 7) is -0.366. The highest BCUT2D eigenvalue weighted by Gasteiger charge is 1.93. The molecule has 0 aliphatic carbocycles. The van der Waals surface area contributed by atoms with Gasteiger partial charge in [0.25, 0.3) is 0 Å². The molecule has 11 heavy (non-hydrogen) atoms. The summed E-state index contributed by atoms with van der Waals surface area (Å²) in [4.78, 5) is 0. The van der Waals surface area contributed by atoms with Gasteiger partial charge in [0.1, 0.15) is 0 Å². The molecule has 0 radical (unpaired) electrons. The van der Waals surface area contributed by atoms with E-state index >= 15 is 0 Å². The van der Waals surface area contributed by atoms with Crippen LogP contribution in [-0.2, 0) is 6.42 Å². The first-order chi connectivity index (χ1) is 5.36. The summed E-state index contributed by atoms with van der Waals surface area (Å²) in [5.41, 5.74) is 1.47. The van der Waals surface area contributed by atoms with Crippen LogP contribution in [0.4, 0.5) is 4.39 Å². The molecular weight excluding hydrogens is 141 g/mol. The van der Waals surface area contributed by atoms with Gasteiger partial charge in [-0.1, -0.05) is 12.1 Å². The average molecular weight is 149 g/mol. The molecule has 1 aromatic rings. The van der Waals surface area contributed by atoms with Gasteiger partial charge in [-0.05, 0) is 17.7 Å². The first-order valence-corrected chi connectivity index (χ1v) is 3.42. The van der Waals surface area contributed by atoms with Crippen LogP contribution < -0.4 is 0 Å². The lowest BCUT2D eigenvalue weighted by Crippen LogP contribution is -1.86. The van der Waals surface area contributed by atoms with E-state index in [0.717, 1.165) is 5.56 Å². The number of rotatable bonds is 2. The van der Waals surface area contributed by atoms with Crippen LogP contribution in [0.5, 0.6) is 0 Å². The first-order valence-electron chi connectivity index (χ1n) is 3.42. The molecule has 0 bridgehead atoms. The fourth-order valence-corrected chi connectivity index (χ4v) is 0.905. The maximum Gasteiger partial charge on any atom is 0.0991 e. The van der Waals surface area contributed by atoms with Crippen molar-refractivity contribution >= 4 is 0 Å². The Morgan fingerprint density at radius 1 is 1.45 bits per heavy atom. The molecule has 0 aliphatic rings. The van der Waals surface area contributed by atoms with Crippen molar-refractivity contribution in [3.05, 3.63) is 35.4 Å². The van der Waals surface area contributed by atoms with Crippen LogP contribution in [0.25, 0.3) is 0 Å². The normalized spacial score (nSPS) is 9.09. The van der Waals surface area contributed by atoms with Crippen molar-refractivity contribution < 1.29 is 4.39 Å². The number of halogens is 1. The van der Waals surface area contributed by atoms with Gasteiger partial charge in [0.2, 0.25) is 0 Å². The van der Waals surface area contributed by atoms with E-state index in [0.29, 0.717) is 12.0 Å². The topological polar surface area (TPSA) is 23.8 Å². The molecular formula is C9H8FN. The Hall–Kier alpha value is -1.36. The zero-order valence-corrected chi connectivity index (χ0v) is 6.05. The molecule has 1 rings (SSSR count). The first kappa shape index (κ1) is 7.74. The second kappa shape index (κ2) is 3.72. The minimum Gasteiger partial charge on any atom is -0.251 e. The lowest BCUT2D eigenvalue weighted by molar-refractivity contribution is 0.495. The van der Waals surface area contributed by atoms with Crippen LogP contribution in [0.1, 0.15) is 11.1 Å². The predicted octanol–water partition coefficient (Wildman–Crippen LogP) is 2.07. The van der Waals surface area contributed by atoms with Crippen molar-refractivity contribution in [2.75, 3.05) is 6.67 Å². The Bertz CT molecular complexity index is 275. The molecule has 0 amide bonds. The highest BCUT2D eigenvalue weighted by molar-refractivity contribution is 5.32. The van der Waals surface area contributed by atoms with E-state index in [1.165, 1.54) is 0 Å². The van der Waals surface area contributed by atoms with Crippen LogP contribution >= 0.6 is 0 Å². The van der Waals surface area contributed by atoms with Crippen molar-refractivity contribution in [1.29, 1.82) is 5.26 Å². The number of aryl methyl sites for hydroxylation is 1. The fourth-order valence-electron chi connectivity index (χ4n) is 0.905. The summed E-state index contributed by atoms with van der Waals surface area (Å²) in [6, 6.07) is 9.01. The summed E-state index contributed by atoms with van der Waals surface area (Å²) in [7, 11) is 0. The highest BCUT2D eigenvalue weighted by Crippen LogP contribution is 2.04. The predicted molar refractivity (Wildman–Crippen MR) is 40.8 cm³/mol. The molecule has 56 valence electrons. The highest BCUT2D eigenvalue weighted by atomic mass is 19.1. The third-order valence-corrected chi connectivity index (χ3v) is 1.44. The van der Waals surface area contributed by atoms with Crippen LogP contribution in [0.2, 0.25) is 0 Å². The van der Waals surface area contributed by atoms with Crippen LogP contribution in [0.15, 0.2) is 24.3 Å². The van der Waals surface area contributed by atoms with Crippen LogP contribution in [-0.4, -0.2) is 6.67 Å².